The van der Waals surface area contributed by atoms with E-state index in [9.17, 15) is 19.2 Å². The van der Waals surface area contributed by atoms with E-state index in [0.29, 0.717) is 21.2 Å². The van der Waals surface area contributed by atoms with Crippen molar-refractivity contribution in [3.8, 4) is 10.8 Å². The van der Waals surface area contributed by atoms with Crippen molar-refractivity contribution in [1.82, 2.24) is 14.1 Å². The molecule has 0 saturated heterocycles. The first-order chi connectivity index (χ1) is 18.7. The number of Topliss-reactive ketones (excluding diaryl/α,β-unsaturated/α-hetero) is 1. The van der Waals surface area contributed by atoms with Crippen LogP contribution in [0.4, 0.5) is 0 Å². The van der Waals surface area contributed by atoms with Crippen LogP contribution >= 0.6 is 11.3 Å². The normalized spacial score (nSPS) is 13.0. The average Bonchev–Trinajstić information content (AvgIpc) is 3.51. The first-order valence-corrected chi connectivity index (χ1v) is 13.6. The van der Waals surface area contributed by atoms with Gasteiger partial charge in [0.05, 0.1) is 23.0 Å². The lowest BCUT2D eigenvalue weighted by molar-refractivity contribution is -0.164. The zero-order chi connectivity index (χ0) is 29.4. The Balaban J connectivity index is 2.00. The zero-order valence-electron chi connectivity index (χ0n) is 23.6. The number of aromatic nitrogens is 3. The molecule has 10 nitrogen and oxygen atoms in total. The molecule has 1 aromatic carbocycles. The van der Waals surface area contributed by atoms with E-state index in [4.69, 9.17) is 13.9 Å². The number of hydrogen-bond acceptors (Lipinski definition) is 9. The van der Waals surface area contributed by atoms with Crippen LogP contribution in [0.3, 0.4) is 0 Å². The third-order valence-electron chi connectivity index (χ3n) is 6.30. The van der Waals surface area contributed by atoms with Crippen LogP contribution in [0.5, 0.6) is 0 Å². The fourth-order valence-corrected chi connectivity index (χ4v) is 5.58. The molecule has 1 unspecified atom stereocenters. The van der Waals surface area contributed by atoms with Crippen LogP contribution in [-0.2, 0) is 31.1 Å². The molecule has 0 N–H and O–H groups in total. The van der Waals surface area contributed by atoms with Gasteiger partial charge in [-0.15, -0.1) is 11.3 Å². The van der Waals surface area contributed by atoms with Gasteiger partial charge < -0.3 is 13.9 Å². The van der Waals surface area contributed by atoms with Crippen molar-refractivity contribution in [2.75, 3.05) is 6.61 Å². The molecule has 0 spiro atoms. The molecule has 0 aliphatic rings. The minimum absolute atomic E-state index is 0.0255. The van der Waals surface area contributed by atoms with E-state index in [1.54, 1.807) is 27.7 Å². The van der Waals surface area contributed by atoms with Gasteiger partial charge in [-0.1, -0.05) is 30.3 Å². The lowest BCUT2D eigenvalue weighted by Gasteiger charge is -2.30. The van der Waals surface area contributed by atoms with Crippen LogP contribution in [0.2, 0.25) is 0 Å². The molecule has 0 fully saturated rings. The minimum atomic E-state index is -1.64. The van der Waals surface area contributed by atoms with E-state index in [1.165, 1.54) is 49.1 Å². The molecule has 0 amide bonds. The number of esters is 1. The summed E-state index contributed by atoms with van der Waals surface area (Å²) >= 11 is 1.19. The van der Waals surface area contributed by atoms with Gasteiger partial charge in [0, 0.05) is 0 Å². The molecule has 1 atom stereocenters. The van der Waals surface area contributed by atoms with Crippen molar-refractivity contribution < 1.29 is 23.5 Å². The first kappa shape index (κ1) is 29.2. The maximum atomic E-state index is 14.2. The van der Waals surface area contributed by atoms with Crippen molar-refractivity contribution >= 4 is 33.3 Å². The zero-order valence-corrected chi connectivity index (χ0v) is 24.5. The second-order valence-corrected chi connectivity index (χ2v) is 12.1. The third-order valence-corrected chi connectivity index (χ3v) is 7.61. The number of carbonyl (C=O) groups excluding carboxylic acids is 2. The number of nitrogens with zero attached hydrogens (tertiary/aromatic N) is 3. The second-order valence-electron chi connectivity index (χ2n) is 11.1. The summed E-state index contributed by atoms with van der Waals surface area (Å²) in [5.74, 6) is -0.589. The summed E-state index contributed by atoms with van der Waals surface area (Å²) in [7, 11) is 0. The van der Waals surface area contributed by atoms with Crippen LogP contribution in [0.25, 0.3) is 21.0 Å². The van der Waals surface area contributed by atoms with Crippen molar-refractivity contribution in [3.05, 3.63) is 74.8 Å². The molecule has 0 radical (unpaired) electrons. The predicted octanol–water partition coefficient (Wildman–Crippen LogP) is 4.61. The minimum Gasteiger partial charge on any atom is -0.458 e. The summed E-state index contributed by atoms with van der Waals surface area (Å²) in [6, 6.07) is 9.20. The van der Waals surface area contributed by atoms with Crippen LogP contribution in [-0.4, -0.2) is 38.1 Å². The van der Waals surface area contributed by atoms with Crippen LogP contribution < -0.4 is 11.2 Å². The summed E-state index contributed by atoms with van der Waals surface area (Å²) in [5, 5.41) is 0.257. The number of benzene rings is 1. The molecule has 11 heteroatoms. The highest BCUT2D eigenvalue weighted by molar-refractivity contribution is 7.22. The third kappa shape index (κ3) is 5.71. The highest BCUT2D eigenvalue weighted by Gasteiger charge is 2.39. The second kappa shape index (κ2) is 11.0. The Labute approximate surface area is 235 Å². The van der Waals surface area contributed by atoms with E-state index in [1.807, 2.05) is 30.3 Å². The Hall–Kier alpha value is -3.83. The van der Waals surface area contributed by atoms with E-state index in [0.717, 1.165) is 10.1 Å². The number of ether oxygens (including phenoxy) is 2. The molecule has 40 heavy (non-hydrogen) atoms. The maximum absolute atomic E-state index is 14.2. The number of ketones is 1. The van der Waals surface area contributed by atoms with Crippen molar-refractivity contribution in [1.29, 1.82) is 0 Å². The van der Waals surface area contributed by atoms with Gasteiger partial charge in [0.2, 0.25) is 5.89 Å². The van der Waals surface area contributed by atoms with Crippen LogP contribution in [0.15, 0.2) is 56.8 Å². The number of oxazole rings is 1. The molecule has 0 bridgehead atoms. The fraction of sp³-hybridized carbons (Fsp3) is 0.414. The topological polar surface area (TPSA) is 123 Å². The fourth-order valence-electron chi connectivity index (χ4n) is 4.34. The monoisotopic (exact) mass is 567 g/mol. The Kier molecular flexibility index (Phi) is 8.00. The van der Waals surface area contributed by atoms with Crippen LogP contribution in [0, 0.1) is 6.92 Å². The van der Waals surface area contributed by atoms with Crippen LogP contribution in [0.1, 0.15) is 58.8 Å². The molecule has 3 heterocycles. The van der Waals surface area contributed by atoms with Crippen molar-refractivity contribution in [3.63, 3.8) is 0 Å². The molecule has 0 saturated carbocycles. The van der Waals surface area contributed by atoms with Gasteiger partial charge in [-0.25, -0.2) is 19.1 Å². The number of fused-ring (bicyclic) bond motifs is 1. The summed E-state index contributed by atoms with van der Waals surface area (Å²) in [6.45, 7) is 11.1. The highest BCUT2D eigenvalue weighted by Crippen LogP contribution is 2.36. The van der Waals surface area contributed by atoms with E-state index >= 15 is 0 Å². The predicted molar refractivity (Wildman–Crippen MR) is 152 cm³/mol. The SMILES string of the molecule is CC(=O)COC(Cn1c(=O)n(C(C)(C)C(=O)OC(C)(C)C)c(=O)c2c(C)c(-c3ncco3)sc21)c1ccccc1. The Morgan fingerprint density at radius 1 is 1.10 bits per heavy atom. The van der Waals surface area contributed by atoms with E-state index in [-0.39, 0.29) is 24.3 Å². The largest absolute Gasteiger partial charge is 0.458 e. The van der Waals surface area contributed by atoms with E-state index < -0.39 is 34.5 Å². The molecule has 4 aromatic rings. The molecule has 4 rings (SSSR count). The Bertz CT molecular complexity index is 1660. The Morgan fingerprint density at radius 2 is 1.77 bits per heavy atom. The first-order valence-electron chi connectivity index (χ1n) is 12.8. The summed E-state index contributed by atoms with van der Waals surface area (Å²) in [4.78, 5) is 58.5. The number of rotatable bonds is 9. The number of hydrogen-bond donors (Lipinski definition) is 0. The lowest BCUT2D eigenvalue weighted by Crippen LogP contribution is -2.54. The standard InChI is InChI=1S/C29H33N3O7S/c1-17(33)16-38-20(19-11-9-8-10-12-19)15-31-25-21(18(2)22(40-25)23-30-13-14-37-23)24(34)32(27(31)36)29(6,7)26(35)39-28(3,4)5/h8-14,20H,15-16H2,1-7H3. The highest BCUT2D eigenvalue weighted by atomic mass is 32.1. The number of aryl methyl sites for hydroxylation is 1. The number of carbonyl (C=O) groups is 2. The number of thiophene rings is 1. The summed E-state index contributed by atoms with van der Waals surface area (Å²) in [5.41, 5.74) is -2.50. The average molecular weight is 568 g/mol. The summed E-state index contributed by atoms with van der Waals surface area (Å²) in [6.07, 6.45) is 2.23. The smallest absolute Gasteiger partial charge is 0.333 e. The maximum Gasteiger partial charge on any atom is 0.333 e. The quantitative estimate of drug-likeness (QED) is 0.269. The molecular formula is C29H33N3O7S. The van der Waals surface area contributed by atoms with Gasteiger partial charge in [0.15, 0.2) is 5.78 Å². The molecule has 212 valence electrons. The van der Waals surface area contributed by atoms with Crippen molar-refractivity contribution in [2.45, 2.75) is 72.3 Å². The van der Waals surface area contributed by atoms with Gasteiger partial charge in [-0.2, -0.15) is 0 Å². The van der Waals surface area contributed by atoms with Gasteiger partial charge in [-0.05, 0) is 59.6 Å². The van der Waals surface area contributed by atoms with Crippen molar-refractivity contribution in [2.24, 2.45) is 0 Å². The van der Waals surface area contributed by atoms with Gasteiger partial charge in [0.25, 0.3) is 5.56 Å². The van der Waals surface area contributed by atoms with E-state index in [2.05, 4.69) is 4.98 Å². The molecular weight excluding hydrogens is 534 g/mol. The molecule has 3 aromatic heterocycles. The Morgan fingerprint density at radius 3 is 2.35 bits per heavy atom. The molecule has 0 aliphatic carbocycles. The summed E-state index contributed by atoms with van der Waals surface area (Å²) < 4.78 is 19.4. The van der Waals surface area contributed by atoms with Gasteiger partial charge in [-0.3, -0.25) is 14.2 Å². The lowest BCUT2D eigenvalue weighted by atomic mass is 10.0. The van der Waals surface area contributed by atoms with Gasteiger partial charge in [0.1, 0.15) is 34.9 Å². The molecule has 0 aliphatic heterocycles. The van der Waals surface area contributed by atoms with Gasteiger partial charge >= 0.3 is 11.7 Å².